The lowest BCUT2D eigenvalue weighted by Gasteiger charge is -2.41. The molecule has 2 aromatic rings. The Labute approximate surface area is 168 Å². The minimum absolute atomic E-state index is 0.274. The SMILES string of the molecule is Cc1ccc(OC(=S)O[C@@H]2[C@H](O)[C@@H](Oc3ccccc3)O[C@H](CO)[C@H]2O)cc1. The molecule has 0 saturated carbocycles. The number of aliphatic hydroxyl groups is 3. The third-order valence-corrected chi connectivity index (χ3v) is 4.45. The van der Waals surface area contributed by atoms with Gasteiger partial charge < -0.3 is 34.3 Å². The lowest BCUT2D eigenvalue weighted by molar-refractivity contribution is -0.275. The van der Waals surface area contributed by atoms with Crippen molar-refractivity contribution in [2.75, 3.05) is 6.61 Å². The number of aliphatic hydroxyl groups excluding tert-OH is 3. The standard InChI is InChI=1S/C20H22O7S/c1-12-7-9-14(10-8-12)25-20(28)27-18-16(22)15(11-21)26-19(17(18)23)24-13-5-3-2-4-6-13/h2-10,15-19,21-23H,11H2,1H3/t15-,16-,17+,18+,19+/m1/s1. The van der Waals surface area contributed by atoms with Crippen LogP contribution >= 0.6 is 12.2 Å². The first-order valence-corrected chi connectivity index (χ1v) is 9.18. The molecule has 0 amide bonds. The van der Waals surface area contributed by atoms with Crippen LogP contribution in [-0.4, -0.2) is 57.9 Å². The van der Waals surface area contributed by atoms with E-state index in [1.54, 1.807) is 36.4 Å². The van der Waals surface area contributed by atoms with Gasteiger partial charge in [-0.3, -0.25) is 0 Å². The molecule has 0 bridgehead atoms. The fourth-order valence-corrected chi connectivity index (χ4v) is 2.97. The van der Waals surface area contributed by atoms with Gasteiger partial charge in [-0.15, -0.1) is 0 Å². The zero-order chi connectivity index (χ0) is 20.1. The minimum Gasteiger partial charge on any atom is -0.462 e. The number of rotatable bonds is 5. The van der Waals surface area contributed by atoms with E-state index in [2.05, 4.69) is 0 Å². The van der Waals surface area contributed by atoms with E-state index in [-0.39, 0.29) is 5.24 Å². The zero-order valence-corrected chi connectivity index (χ0v) is 16.0. The lowest BCUT2D eigenvalue weighted by Crippen LogP contribution is -2.61. The maximum absolute atomic E-state index is 10.6. The van der Waals surface area contributed by atoms with Crippen LogP contribution in [0.25, 0.3) is 0 Å². The summed E-state index contributed by atoms with van der Waals surface area (Å²) < 4.78 is 22.0. The average molecular weight is 406 g/mol. The van der Waals surface area contributed by atoms with Crippen molar-refractivity contribution in [2.24, 2.45) is 0 Å². The summed E-state index contributed by atoms with van der Waals surface area (Å²) in [5.41, 5.74) is 1.06. The van der Waals surface area contributed by atoms with Crippen LogP contribution in [0.1, 0.15) is 5.56 Å². The Hall–Kier alpha value is -2.23. The van der Waals surface area contributed by atoms with E-state index in [1.165, 1.54) is 0 Å². The predicted octanol–water partition coefficient (Wildman–Crippen LogP) is 1.56. The molecule has 7 nitrogen and oxygen atoms in total. The van der Waals surface area contributed by atoms with Crippen molar-refractivity contribution in [1.29, 1.82) is 0 Å². The molecule has 0 aromatic heterocycles. The molecule has 1 saturated heterocycles. The normalized spacial score (nSPS) is 27.1. The molecular weight excluding hydrogens is 384 g/mol. The fourth-order valence-electron chi connectivity index (χ4n) is 2.76. The summed E-state index contributed by atoms with van der Waals surface area (Å²) in [4.78, 5) is 0. The summed E-state index contributed by atoms with van der Waals surface area (Å²) in [6, 6.07) is 15.9. The first-order valence-electron chi connectivity index (χ1n) is 8.77. The molecule has 0 spiro atoms. The molecular formula is C20H22O7S. The molecule has 1 heterocycles. The molecule has 1 aliphatic rings. The summed E-state index contributed by atoms with van der Waals surface area (Å²) in [6.07, 6.45) is -6.12. The van der Waals surface area contributed by atoms with E-state index in [9.17, 15) is 15.3 Å². The minimum atomic E-state index is -1.38. The first-order chi connectivity index (χ1) is 13.5. The summed E-state index contributed by atoms with van der Waals surface area (Å²) in [7, 11) is 0. The molecule has 1 aliphatic heterocycles. The molecule has 28 heavy (non-hydrogen) atoms. The van der Waals surface area contributed by atoms with Crippen molar-refractivity contribution in [3.63, 3.8) is 0 Å². The Kier molecular flexibility index (Phi) is 6.82. The molecule has 3 rings (SSSR count). The highest BCUT2D eigenvalue weighted by molar-refractivity contribution is 7.79. The van der Waals surface area contributed by atoms with Crippen LogP contribution in [0.3, 0.4) is 0 Å². The second-order valence-electron chi connectivity index (χ2n) is 6.39. The van der Waals surface area contributed by atoms with Crippen LogP contribution in [0.4, 0.5) is 0 Å². The van der Waals surface area contributed by atoms with Crippen LogP contribution in [0.2, 0.25) is 0 Å². The Balaban J connectivity index is 1.69. The summed E-state index contributed by atoms with van der Waals surface area (Å²) in [6.45, 7) is 1.45. The molecule has 0 aliphatic carbocycles. The van der Waals surface area contributed by atoms with E-state index >= 15 is 0 Å². The van der Waals surface area contributed by atoms with Crippen LogP contribution in [0.5, 0.6) is 11.5 Å². The fraction of sp³-hybridized carbons (Fsp3) is 0.350. The first kappa shape index (κ1) is 20.5. The molecule has 2 aromatic carbocycles. The van der Waals surface area contributed by atoms with E-state index in [0.717, 1.165) is 5.56 Å². The Morgan fingerprint density at radius 3 is 2.32 bits per heavy atom. The summed E-state index contributed by atoms with van der Waals surface area (Å²) in [5.74, 6) is 0.916. The predicted molar refractivity (Wildman–Crippen MR) is 104 cm³/mol. The Morgan fingerprint density at radius 1 is 1.00 bits per heavy atom. The zero-order valence-electron chi connectivity index (χ0n) is 15.2. The average Bonchev–Trinajstić information content (AvgIpc) is 2.70. The molecule has 8 heteroatoms. The molecule has 3 N–H and O–H groups in total. The van der Waals surface area contributed by atoms with Gasteiger partial charge in [-0.05, 0) is 31.2 Å². The molecule has 0 radical (unpaired) electrons. The molecule has 1 fully saturated rings. The van der Waals surface area contributed by atoms with Gasteiger partial charge in [0.2, 0.25) is 6.29 Å². The highest BCUT2D eigenvalue weighted by Gasteiger charge is 2.47. The van der Waals surface area contributed by atoms with E-state index in [1.807, 2.05) is 25.1 Å². The van der Waals surface area contributed by atoms with Crippen LogP contribution in [0.15, 0.2) is 54.6 Å². The highest BCUT2D eigenvalue weighted by Crippen LogP contribution is 2.26. The van der Waals surface area contributed by atoms with Gasteiger partial charge in [0.1, 0.15) is 23.7 Å². The van der Waals surface area contributed by atoms with Gasteiger partial charge in [-0.25, -0.2) is 0 Å². The highest BCUT2D eigenvalue weighted by atomic mass is 32.1. The smallest absolute Gasteiger partial charge is 0.358 e. The van der Waals surface area contributed by atoms with Crippen molar-refractivity contribution in [3.8, 4) is 11.5 Å². The maximum atomic E-state index is 10.6. The van der Waals surface area contributed by atoms with Gasteiger partial charge >= 0.3 is 5.24 Å². The third-order valence-electron chi connectivity index (χ3n) is 4.27. The van der Waals surface area contributed by atoms with Crippen molar-refractivity contribution >= 4 is 17.5 Å². The van der Waals surface area contributed by atoms with Gasteiger partial charge in [0.15, 0.2) is 12.2 Å². The third kappa shape index (κ3) is 4.98. The molecule has 0 unspecified atom stereocenters. The lowest BCUT2D eigenvalue weighted by atomic mass is 9.99. The van der Waals surface area contributed by atoms with Crippen LogP contribution in [-0.2, 0) is 9.47 Å². The Morgan fingerprint density at radius 2 is 1.68 bits per heavy atom. The summed E-state index contributed by atoms with van der Waals surface area (Å²) in [5, 5.41) is 30.2. The largest absolute Gasteiger partial charge is 0.462 e. The topological polar surface area (TPSA) is 97.6 Å². The quantitative estimate of drug-likeness (QED) is 0.644. The molecule has 5 atom stereocenters. The summed E-state index contributed by atoms with van der Waals surface area (Å²) >= 11 is 5.09. The monoisotopic (exact) mass is 406 g/mol. The van der Waals surface area contributed by atoms with Crippen molar-refractivity contribution in [1.82, 2.24) is 0 Å². The maximum Gasteiger partial charge on any atom is 0.358 e. The van der Waals surface area contributed by atoms with E-state index in [4.69, 9.17) is 31.2 Å². The number of para-hydroxylation sites is 1. The number of ether oxygens (including phenoxy) is 4. The second-order valence-corrected chi connectivity index (χ2v) is 6.72. The van der Waals surface area contributed by atoms with Gasteiger partial charge in [-0.2, -0.15) is 0 Å². The van der Waals surface area contributed by atoms with Crippen LogP contribution < -0.4 is 9.47 Å². The van der Waals surface area contributed by atoms with Gasteiger partial charge in [-0.1, -0.05) is 35.9 Å². The number of hydrogen-bond donors (Lipinski definition) is 3. The number of hydrogen-bond acceptors (Lipinski definition) is 8. The van der Waals surface area contributed by atoms with Crippen molar-refractivity contribution in [3.05, 3.63) is 60.2 Å². The van der Waals surface area contributed by atoms with Gasteiger partial charge in [0.05, 0.1) is 6.61 Å². The number of benzene rings is 2. The van der Waals surface area contributed by atoms with E-state index < -0.39 is 37.3 Å². The second kappa shape index (κ2) is 9.31. The van der Waals surface area contributed by atoms with Crippen LogP contribution in [0, 0.1) is 6.92 Å². The van der Waals surface area contributed by atoms with Crippen molar-refractivity contribution < 1.29 is 34.3 Å². The number of thiocarbonyl (C=S) groups is 1. The van der Waals surface area contributed by atoms with Crippen molar-refractivity contribution in [2.45, 2.75) is 37.6 Å². The van der Waals surface area contributed by atoms with Gasteiger partial charge in [0.25, 0.3) is 0 Å². The van der Waals surface area contributed by atoms with E-state index in [0.29, 0.717) is 11.5 Å². The van der Waals surface area contributed by atoms with Gasteiger partial charge in [0, 0.05) is 12.2 Å². The number of aryl methyl sites for hydroxylation is 1. The Bertz CT molecular complexity index is 768. The molecule has 150 valence electrons.